The molecule has 1 fully saturated rings. The minimum absolute atomic E-state index is 0.108. The van der Waals surface area contributed by atoms with E-state index in [0.717, 1.165) is 0 Å². The molecule has 1 rings (SSSR count). The second-order valence-corrected chi connectivity index (χ2v) is 4.17. The Bertz CT molecular complexity index is 377. The molecule has 0 atom stereocenters. The third-order valence-electron chi connectivity index (χ3n) is 2.92. The van der Waals surface area contributed by atoms with Crippen molar-refractivity contribution in [3.63, 3.8) is 0 Å². The minimum atomic E-state index is -1.33. The molecule has 0 aromatic heterocycles. The lowest BCUT2D eigenvalue weighted by Crippen LogP contribution is -2.62. The standard InChI is InChI=1S/C10H14ClN3O4/c1-2-10(3-4-12-6(15)5-11)7(16)13-9(18)14-8(10)17/h2-5H2,1H3,(H,12,15)(H2,13,14,16,17,18). The Kier molecular flexibility index (Phi) is 4.66. The van der Waals surface area contributed by atoms with Crippen molar-refractivity contribution in [2.24, 2.45) is 5.41 Å². The second-order valence-electron chi connectivity index (χ2n) is 3.91. The van der Waals surface area contributed by atoms with E-state index in [-0.39, 0.29) is 31.2 Å². The number of urea groups is 1. The van der Waals surface area contributed by atoms with Crippen LogP contribution in [0.25, 0.3) is 0 Å². The van der Waals surface area contributed by atoms with Gasteiger partial charge in [0.25, 0.3) is 0 Å². The van der Waals surface area contributed by atoms with Gasteiger partial charge in [-0.15, -0.1) is 11.6 Å². The number of amides is 5. The SMILES string of the molecule is CCC1(CCNC(=O)CCl)C(=O)NC(=O)NC1=O. The van der Waals surface area contributed by atoms with Crippen LogP contribution in [0.4, 0.5) is 4.79 Å². The molecule has 5 amide bonds. The van der Waals surface area contributed by atoms with E-state index >= 15 is 0 Å². The number of barbiturate groups is 1. The summed E-state index contributed by atoms with van der Waals surface area (Å²) in [5.41, 5.74) is -1.33. The quantitative estimate of drug-likeness (QED) is 0.464. The Hall–Kier alpha value is -1.63. The fourth-order valence-electron chi connectivity index (χ4n) is 1.77. The maximum Gasteiger partial charge on any atom is 0.328 e. The van der Waals surface area contributed by atoms with Gasteiger partial charge < -0.3 is 5.32 Å². The van der Waals surface area contributed by atoms with Crippen molar-refractivity contribution < 1.29 is 19.2 Å². The van der Waals surface area contributed by atoms with E-state index in [1.165, 1.54) is 0 Å². The summed E-state index contributed by atoms with van der Waals surface area (Å²) in [6, 6.07) is -0.820. The van der Waals surface area contributed by atoms with E-state index in [0.29, 0.717) is 0 Å². The summed E-state index contributed by atoms with van der Waals surface area (Å²) in [6.45, 7) is 1.80. The van der Waals surface area contributed by atoms with Gasteiger partial charge in [0.2, 0.25) is 17.7 Å². The van der Waals surface area contributed by atoms with E-state index in [1.807, 2.05) is 0 Å². The number of hydrogen-bond donors (Lipinski definition) is 3. The minimum Gasteiger partial charge on any atom is -0.355 e. The second kappa shape index (κ2) is 5.81. The number of carbonyl (C=O) groups is 4. The molecule has 0 saturated carbocycles. The van der Waals surface area contributed by atoms with E-state index in [4.69, 9.17) is 11.6 Å². The molecule has 3 N–H and O–H groups in total. The van der Waals surface area contributed by atoms with Crippen molar-refractivity contribution in [2.75, 3.05) is 12.4 Å². The fourth-order valence-corrected chi connectivity index (χ4v) is 1.86. The number of carbonyl (C=O) groups excluding carboxylic acids is 4. The van der Waals surface area contributed by atoms with E-state index in [2.05, 4.69) is 16.0 Å². The molecule has 0 aromatic carbocycles. The van der Waals surface area contributed by atoms with Crippen molar-refractivity contribution in [3.8, 4) is 0 Å². The summed E-state index contributed by atoms with van der Waals surface area (Å²) in [5.74, 6) is -1.84. The number of imide groups is 2. The van der Waals surface area contributed by atoms with Crippen LogP contribution in [0.1, 0.15) is 19.8 Å². The first kappa shape index (κ1) is 14.4. The summed E-state index contributed by atoms with van der Waals surface area (Å²) in [5, 5.41) is 6.59. The highest BCUT2D eigenvalue weighted by Gasteiger charge is 2.48. The lowest BCUT2D eigenvalue weighted by Gasteiger charge is -2.32. The predicted octanol–water partition coefficient (Wildman–Crippen LogP) is -0.506. The third kappa shape index (κ3) is 2.79. The molecule has 0 aliphatic carbocycles. The average Bonchev–Trinajstić information content (AvgIpc) is 2.32. The highest BCUT2D eigenvalue weighted by atomic mass is 35.5. The highest BCUT2D eigenvalue weighted by Crippen LogP contribution is 2.28. The maximum absolute atomic E-state index is 11.8. The van der Waals surface area contributed by atoms with Crippen LogP contribution < -0.4 is 16.0 Å². The molecular formula is C10H14ClN3O4. The zero-order valence-corrected chi connectivity index (χ0v) is 10.6. The normalized spacial score (nSPS) is 18.0. The van der Waals surface area contributed by atoms with Crippen LogP contribution in [0.2, 0.25) is 0 Å². The molecule has 1 aliphatic rings. The first-order valence-corrected chi connectivity index (χ1v) is 5.99. The molecule has 0 radical (unpaired) electrons. The van der Waals surface area contributed by atoms with Crippen LogP contribution in [0, 0.1) is 5.41 Å². The van der Waals surface area contributed by atoms with Gasteiger partial charge in [-0.2, -0.15) is 0 Å². The van der Waals surface area contributed by atoms with Crippen LogP contribution in [0.3, 0.4) is 0 Å². The molecule has 0 aromatic rings. The lowest BCUT2D eigenvalue weighted by atomic mass is 9.78. The monoisotopic (exact) mass is 275 g/mol. The van der Waals surface area contributed by atoms with Gasteiger partial charge in [-0.1, -0.05) is 6.92 Å². The summed E-state index contributed by atoms with van der Waals surface area (Å²) in [7, 11) is 0. The van der Waals surface area contributed by atoms with Gasteiger partial charge >= 0.3 is 6.03 Å². The lowest BCUT2D eigenvalue weighted by molar-refractivity contribution is -0.145. The van der Waals surface area contributed by atoms with Gasteiger partial charge in [-0.25, -0.2) is 4.79 Å². The molecule has 1 heterocycles. The van der Waals surface area contributed by atoms with Crippen LogP contribution in [-0.2, 0) is 14.4 Å². The van der Waals surface area contributed by atoms with Gasteiger partial charge in [0.05, 0.1) is 0 Å². The van der Waals surface area contributed by atoms with Crippen molar-refractivity contribution in [1.29, 1.82) is 0 Å². The highest BCUT2D eigenvalue weighted by molar-refractivity contribution is 6.27. The van der Waals surface area contributed by atoms with Gasteiger partial charge in [0.1, 0.15) is 11.3 Å². The van der Waals surface area contributed by atoms with E-state index in [1.54, 1.807) is 6.92 Å². The Balaban J connectivity index is 2.72. The average molecular weight is 276 g/mol. The molecule has 18 heavy (non-hydrogen) atoms. The Labute approximate surface area is 109 Å². The zero-order chi connectivity index (χ0) is 13.8. The third-order valence-corrected chi connectivity index (χ3v) is 3.17. The summed E-state index contributed by atoms with van der Waals surface area (Å²) < 4.78 is 0. The summed E-state index contributed by atoms with van der Waals surface area (Å²) >= 11 is 5.30. The summed E-state index contributed by atoms with van der Waals surface area (Å²) in [6.07, 6.45) is 0.339. The molecule has 8 heteroatoms. The molecule has 0 bridgehead atoms. The van der Waals surface area contributed by atoms with Crippen molar-refractivity contribution >= 4 is 35.4 Å². The van der Waals surface area contributed by atoms with Gasteiger partial charge in [-0.05, 0) is 12.8 Å². The number of alkyl halides is 1. The molecule has 0 spiro atoms. The Morgan fingerprint density at radius 1 is 1.28 bits per heavy atom. The molecule has 0 unspecified atom stereocenters. The van der Waals surface area contributed by atoms with Crippen LogP contribution in [0.5, 0.6) is 0 Å². The molecule has 1 saturated heterocycles. The Morgan fingerprint density at radius 2 is 1.83 bits per heavy atom. The van der Waals surface area contributed by atoms with Crippen molar-refractivity contribution in [1.82, 2.24) is 16.0 Å². The first-order valence-electron chi connectivity index (χ1n) is 5.46. The number of halogens is 1. The fraction of sp³-hybridized carbons (Fsp3) is 0.600. The Morgan fingerprint density at radius 3 is 2.28 bits per heavy atom. The van der Waals surface area contributed by atoms with Crippen LogP contribution in [-0.4, -0.2) is 36.2 Å². The van der Waals surface area contributed by atoms with E-state index < -0.39 is 23.3 Å². The topological polar surface area (TPSA) is 104 Å². The summed E-state index contributed by atoms with van der Waals surface area (Å²) in [4.78, 5) is 45.5. The van der Waals surface area contributed by atoms with Crippen molar-refractivity contribution in [3.05, 3.63) is 0 Å². The first-order chi connectivity index (χ1) is 8.46. The molecular weight excluding hydrogens is 262 g/mol. The number of rotatable bonds is 5. The van der Waals surface area contributed by atoms with E-state index in [9.17, 15) is 19.2 Å². The maximum atomic E-state index is 11.8. The molecule has 1 aliphatic heterocycles. The smallest absolute Gasteiger partial charge is 0.328 e. The van der Waals surface area contributed by atoms with Crippen LogP contribution in [0.15, 0.2) is 0 Å². The van der Waals surface area contributed by atoms with Crippen LogP contribution >= 0.6 is 11.6 Å². The zero-order valence-electron chi connectivity index (χ0n) is 9.84. The van der Waals surface area contributed by atoms with Crippen molar-refractivity contribution in [2.45, 2.75) is 19.8 Å². The predicted molar refractivity (Wildman–Crippen MR) is 62.8 cm³/mol. The molecule has 100 valence electrons. The number of nitrogens with one attached hydrogen (secondary N) is 3. The molecule has 7 nitrogen and oxygen atoms in total. The van der Waals surface area contributed by atoms with Gasteiger partial charge in [0.15, 0.2) is 0 Å². The van der Waals surface area contributed by atoms with Gasteiger partial charge in [-0.3, -0.25) is 25.0 Å². The largest absolute Gasteiger partial charge is 0.355 e. The number of hydrogen-bond acceptors (Lipinski definition) is 4. The van der Waals surface area contributed by atoms with Gasteiger partial charge in [0, 0.05) is 6.54 Å².